The summed E-state index contributed by atoms with van der Waals surface area (Å²) in [6, 6.07) is 5.08. The van der Waals surface area contributed by atoms with E-state index >= 15 is 0 Å². The molecule has 0 fully saturated rings. The number of unbranched alkanes of at least 4 members (excludes halogenated alkanes) is 1. The van der Waals surface area contributed by atoms with E-state index in [9.17, 15) is 18.0 Å². The number of amides is 1. The molecule has 1 N–H and O–H groups in total. The Morgan fingerprint density at radius 2 is 2.13 bits per heavy atom. The van der Waals surface area contributed by atoms with Crippen LogP contribution in [0.15, 0.2) is 29.2 Å². The summed E-state index contributed by atoms with van der Waals surface area (Å²) in [6.45, 7) is 5.48. The summed E-state index contributed by atoms with van der Waals surface area (Å²) in [5, 5.41) is 1.79. The van der Waals surface area contributed by atoms with Crippen LogP contribution in [-0.4, -0.2) is 23.6 Å². The summed E-state index contributed by atoms with van der Waals surface area (Å²) in [4.78, 5) is 15.2. The van der Waals surface area contributed by atoms with Crippen LogP contribution in [-0.2, 0) is 11.2 Å². The van der Waals surface area contributed by atoms with Crippen molar-refractivity contribution in [3.8, 4) is 0 Å². The van der Waals surface area contributed by atoms with Gasteiger partial charge in [-0.3, -0.25) is 4.79 Å². The van der Waals surface area contributed by atoms with E-state index in [1.807, 2.05) is 0 Å². The lowest BCUT2D eigenvalue weighted by molar-refractivity contribution is -0.173. The van der Waals surface area contributed by atoms with E-state index in [1.54, 1.807) is 23.5 Å². The van der Waals surface area contributed by atoms with E-state index < -0.39 is 12.1 Å². The Balaban J connectivity index is 2.07. The number of oxazole rings is 1. The average Bonchev–Trinajstić information content (AvgIpc) is 2.90. The monoisotopic (exact) mass is 326 g/mol. The Morgan fingerprint density at radius 1 is 1.39 bits per heavy atom. The van der Waals surface area contributed by atoms with Crippen molar-refractivity contribution in [3.05, 3.63) is 36.2 Å². The van der Waals surface area contributed by atoms with Crippen LogP contribution in [0, 0.1) is 0 Å². The molecule has 1 heterocycles. The van der Waals surface area contributed by atoms with Crippen molar-refractivity contribution in [2.24, 2.45) is 0 Å². The predicted molar refractivity (Wildman–Crippen MR) is 80.7 cm³/mol. The maximum atomic E-state index is 12.1. The number of alkyl halides is 3. The van der Waals surface area contributed by atoms with Gasteiger partial charge >= 0.3 is 12.1 Å². The molecule has 0 aliphatic carbocycles. The van der Waals surface area contributed by atoms with Gasteiger partial charge in [0.05, 0.1) is 0 Å². The minimum Gasteiger partial charge on any atom is -0.441 e. The van der Waals surface area contributed by atoms with Gasteiger partial charge in [0, 0.05) is 13.0 Å². The van der Waals surface area contributed by atoms with Crippen molar-refractivity contribution >= 4 is 22.6 Å². The zero-order valence-electron chi connectivity index (χ0n) is 12.7. The number of hydrogen-bond acceptors (Lipinski definition) is 3. The highest BCUT2D eigenvalue weighted by molar-refractivity contribution is 5.84. The van der Waals surface area contributed by atoms with Crippen LogP contribution in [0.4, 0.5) is 13.2 Å². The molecular weight excluding hydrogens is 309 g/mol. The summed E-state index contributed by atoms with van der Waals surface area (Å²) >= 11 is 0. The maximum Gasteiger partial charge on any atom is 0.471 e. The number of nitrogens with one attached hydrogen (secondary N) is 1. The number of aryl methyl sites for hydroxylation is 1. The van der Waals surface area contributed by atoms with Crippen molar-refractivity contribution < 1.29 is 22.4 Å². The number of rotatable bonds is 6. The summed E-state index contributed by atoms with van der Waals surface area (Å²) in [5.74, 6) is -1.35. The van der Waals surface area contributed by atoms with Gasteiger partial charge < -0.3 is 9.73 Å². The highest BCUT2D eigenvalue weighted by Crippen LogP contribution is 2.22. The lowest BCUT2D eigenvalue weighted by Crippen LogP contribution is -2.37. The van der Waals surface area contributed by atoms with Crippen LogP contribution in [0.5, 0.6) is 0 Å². The van der Waals surface area contributed by atoms with Crippen molar-refractivity contribution in [2.75, 3.05) is 6.54 Å². The quantitative estimate of drug-likeness (QED) is 0.877. The molecule has 0 saturated carbocycles. The second-order valence-corrected chi connectivity index (χ2v) is 5.18. The molecule has 4 nitrogen and oxygen atoms in total. The number of halogens is 3. The molecule has 2 aromatic rings. The molecule has 0 radical (unpaired) electrons. The highest BCUT2D eigenvalue weighted by Gasteiger charge is 2.38. The van der Waals surface area contributed by atoms with Crippen molar-refractivity contribution in [1.82, 2.24) is 10.3 Å². The van der Waals surface area contributed by atoms with E-state index in [1.165, 1.54) is 0 Å². The molecule has 0 saturated heterocycles. The molecule has 23 heavy (non-hydrogen) atoms. The van der Waals surface area contributed by atoms with Crippen LogP contribution in [0.25, 0.3) is 16.7 Å². The van der Waals surface area contributed by atoms with Gasteiger partial charge in [-0.25, -0.2) is 4.98 Å². The first-order valence-corrected chi connectivity index (χ1v) is 7.24. The topological polar surface area (TPSA) is 55.1 Å². The molecule has 0 aliphatic rings. The number of nitrogens with zero attached hydrogens (tertiary/aromatic N) is 1. The number of aromatic nitrogens is 1. The van der Waals surface area contributed by atoms with Gasteiger partial charge in [0.25, 0.3) is 0 Å². The fraction of sp³-hybridized carbons (Fsp3) is 0.375. The zero-order chi connectivity index (χ0) is 17.0. The fourth-order valence-electron chi connectivity index (χ4n) is 2.02. The Morgan fingerprint density at radius 3 is 2.78 bits per heavy atom. The Bertz CT molecular complexity index is 720. The lowest BCUT2D eigenvalue weighted by Gasteiger charge is -2.09. The maximum absolute atomic E-state index is 12.1. The first-order chi connectivity index (χ1) is 10.8. The molecule has 0 atom stereocenters. The van der Waals surface area contributed by atoms with Gasteiger partial charge in [-0.2, -0.15) is 13.2 Å². The van der Waals surface area contributed by atoms with E-state index in [2.05, 4.69) is 18.5 Å². The van der Waals surface area contributed by atoms with Gasteiger partial charge in [0.1, 0.15) is 5.52 Å². The zero-order valence-corrected chi connectivity index (χ0v) is 12.7. The molecule has 124 valence electrons. The second-order valence-electron chi connectivity index (χ2n) is 5.18. The summed E-state index contributed by atoms with van der Waals surface area (Å²) in [7, 11) is 0. The number of benzene rings is 1. The molecule has 7 heteroatoms. The summed E-state index contributed by atoms with van der Waals surface area (Å²) < 4.78 is 42.1. The van der Waals surface area contributed by atoms with Crippen LogP contribution in [0.2, 0.25) is 0 Å². The fourth-order valence-corrected chi connectivity index (χ4v) is 2.02. The van der Waals surface area contributed by atoms with Gasteiger partial charge in [0.15, 0.2) is 11.5 Å². The minimum absolute atomic E-state index is 0.291. The first-order valence-electron chi connectivity index (χ1n) is 7.24. The van der Waals surface area contributed by atoms with Gasteiger partial charge in [-0.15, -0.1) is 0 Å². The number of carbonyl (C=O) groups excluding carboxylic acids is 1. The summed E-state index contributed by atoms with van der Waals surface area (Å²) in [5.41, 5.74) is 2.19. The standard InChI is InChI=1S/C16H17F3N2O2/c1-3-4-5-14-21-12-7-6-11(8-13(12)23-14)10(2)9-20-15(22)16(17,18)19/h6-8H,2-5,9H2,1H3,(H,20,22). The van der Waals surface area contributed by atoms with Crippen LogP contribution in [0.3, 0.4) is 0 Å². The highest BCUT2D eigenvalue weighted by atomic mass is 19.4. The van der Waals surface area contributed by atoms with Crippen LogP contribution >= 0.6 is 0 Å². The number of carbonyl (C=O) groups is 1. The molecule has 0 unspecified atom stereocenters. The van der Waals surface area contributed by atoms with Crippen LogP contribution in [0.1, 0.15) is 31.2 Å². The average molecular weight is 326 g/mol. The van der Waals surface area contributed by atoms with E-state index in [0.717, 1.165) is 19.3 Å². The largest absolute Gasteiger partial charge is 0.471 e. The third-order valence-electron chi connectivity index (χ3n) is 3.30. The minimum atomic E-state index is -4.90. The molecule has 0 spiro atoms. The Hall–Kier alpha value is -2.31. The third-order valence-corrected chi connectivity index (χ3v) is 3.30. The molecule has 2 rings (SSSR count). The van der Waals surface area contributed by atoms with Crippen molar-refractivity contribution in [3.63, 3.8) is 0 Å². The van der Waals surface area contributed by atoms with Gasteiger partial charge in [-0.1, -0.05) is 26.0 Å². The molecule has 1 amide bonds. The van der Waals surface area contributed by atoms with E-state index in [4.69, 9.17) is 4.42 Å². The van der Waals surface area contributed by atoms with Crippen LogP contribution < -0.4 is 5.32 Å². The van der Waals surface area contributed by atoms with Crippen molar-refractivity contribution in [2.45, 2.75) is 32.4 Å². The molecule has 1 aromatic carbocycles. The molecular formula is C16H17F3N2O2. The van der Waals surface area contributed by atoms with E-state index in [-0.39, 0.29) is 6.54 Å². The number of hydrogen-bond donors (Lipinski definition) is 1. The normalized spacial score (nSPS) is 11.7. The molecule has 0 aliphatic heterocycles. The third kappa shape index (κ3) is 4.34. The van der Waals surface area contributed by atoms with Crippen molar-refractivity contribution in [1.29, 1.82) is 0 Å². The Labute approximate surface area is 131 Å². The van der Waals surface area contributed by atoms with Gasteiger partial charge in [0.2, 0.25) is 0 Å². The smallest absolute Gasteiger partial charge is 0.441 e. The van der Waals surface area contributed by atoms with E-state index in [0.29, 0.717) is 28.1 Å². The Kier molecular flexibility index (Phi) is 5.08. The second kappa shape index (κ2) is 6.85. The lowest BCUT2D eigenvalue weighted by atomic mass is 10.1. The number of fused-ring (bicyclic) bond motifs is 1. The van der Waals surface area contributed by atoms with Gasteiger partial charge in [-0.05, 0) is 29.7 Å². The molecule has 1 aromatic heterocycles. The first kappa shape index (κ1) is 17.1. The summed E-state index contributed by atoms with van der Waals surface area (Å²) in [6.07, 6.45) is -2.16. The predicted octanol–water partition coefficient (Wildman–Crippen LogP) is 3.86. The molecule has 0 bridgehead atoms. The SMILES string of the molecule is C=C(CNC(=O)C(F)(F)F)c1ccc2nc(CCCC)oc2c1.